The van der Waals surface area contributed by atoms with Gasteiger partial charge < -0.3 is 9.64 Å². The molecule has 0 spiro atoms. The first kappa shape index (κ1) is 12.1. The summed E-state index contributed by atoms with van der Waals surface area (Å²) in [6.45, 7) is 3.00. The Morgan fingerprint density at radius 2 is 2.06 bits per heavy atom. The summed E-state index contributed by atoms with van der Waals surface area (Å²) in [4.78, 5) is 14.9. The Bertz CT molecular complexity index is 589. The van der Waals surface area contributed by atoms with E-state index in [-0.39, 0.29) is 5.28 Å². The minimum Gasteiger partial charge on any atom is -0.378 e. The van der Waals surface area contributed by atoms with Gasteiger partial charge >= 0.3 is 0 Å². The number of fused-ring (bicyclic) bond motifs is 1. The summed E-state index contributed by atoms with van der Waals surface area (Å²) in [5.41, 5.74) is 0.611. The van der Waals surface area contributed by atoms with Gasteiger partial charge in [0, 0.05) is 23.8 Å². The summed E-state index contributed by atoms with van der Waals surface area (Å²) < 4.78 is 6.24. The van der Waals surface area contributed by atoms with Crippen LogP contribution in [-0.2, 0) is 4.74 Å². The van der Waals surface area contributed by atoms with E-state index in [1.165, 1.54) is 0 Å². The zero-order valence-corrected chi connectivity index (χ0v) is 11.8. The largest absolute Gasteiger partial charge is 0.378 e. The van der Waals surface area contributed by atoms with E-state index in [4.69, 9.17) is 16.3 Å². The second kappa shape index (κ2) is 4.95. The summed E-state index contributed by atoms with van der Waals surface area (Å²) in [5.74, 6) is 0.821. The molecule has 1 saturated heterocycles. The number of nitrogens with zero attached hydrogens (tertiary/aromatic N) is 4. The molecule has 1 aliphatic heterocycles. The van der Waals surface area contributed by atoms with Crippen LogP contribution in [0.25, 0.3) is 11.0 Å². The number of ether oxygens (including phenoxy) is 1. The highest BCUT2D eigenvalue weighted by molar-refractivity contribution is 9.10. The van der Waals surface area contributed by atoms with Gasteiger partial charge in [-0.05, 0) is 33.6 Å². The Hall–Kier alpha value is -0.980. The second-order valence-corrected chi connectivity index (χ2v) is 5.19. The predicted octanol–water partition coefficient (Wildman–Crippen LogP) is 2.28. The third-order valence-electron chi connectivity index (χ3n) is 2.78. The first-order valence-corrected chi connectivity index (χ1v) is 6.72. The van der Waals surface area contributed by atoms with Crippen LogP contribution >= 0.6 is 27.5 Å². The van der Waals surface area contributed by atoms with E-state index >= 15 is 0 Å². The van der Waals surface area contributed by atoms with Crippen molar-refractivity contribution in [3.05, 3.63) is 22.0 Å². The van der Waals surface area contributed by atoms with Crippen molar-refractivity contribution in [2.75, 3.05) is 31.2 Å². The molecule has 0 atom stereocenters. The Morgan fingerprint density at radius 3 is 2.83 bits per heavy atom. The van der Waals surface area contributed by atoms with Crippen molar-refractivity contribution < 1.29 is 4.74 Å². The van der Waals surface area contributed by atoms with E-state index in [9.17, 15) is 0 Å². The monoisotopic (exact) mass is 328 g/mol. The number of morpholine rings is 1. The fourth-order valence-electron chi connectivity index (χ4n) is 1.96. The predicted molar refractivity (Wildman–Crippen MR) is 73.1 cm³/mol. The average Bonchev–Trinajstić information content (AvgIpc) is 2.39. The van der Waals surface area contributed by atoms with Crippen LogP contribution in [-0.4, -0.2) is 41.3 Å². The number of hydrogen-bond acceptors (Lipinski definition) is 5. The lowest BCUT2D eigenvalue weighted by atomic mass is 10.3. The summed E-state index contributed by atoms with van der Waals surface area (Å²) in [7, 11) is 0. The number of aromatic nitrogens is 3. The van der Waals surface area contributed by atoms with Gasteiger partial charge in [-0.3, -0.25) is 0 Å². The highest BCUT2D eigenvalue weighted by Gasteiger charge is 2.17. The molecule has 5 nitrogen and oxygen atoms in total. The van der Waals surface area contributed by atoms with Crippen molar-refractivity contribution in [1.29, 1.82) is 0 Å². The quantitative estimate of drug-likeness (QED) is 0.751. The molecule has 18 heavy (non-hydrogen) atoms. The Balaban J connectivity index is 2.16. The molecule has 0 unspecified atom stereocenters. The first-order chi connectivity index (χ1) is 8.74. The minimum absolute atomic E-state index is 0.221. The van der Waals surface area contributed by atoms with Crippen molar-refractivity contribution in [3.8, 4) is 0 Å². The van der Waals surface area contributed by atoms with Crippen molar-refractivity contribution in [3.63, 3.8) is 0 Å². The molecule has 0 aliphatic carbocycles. The Labute approximate surface area is 117 Å². The van der Waals surface area contributed by atoms with E-state index in [2.05, 4.69) is 35.8 Å². The molecule has 3 heterocycles. The van der Waals surface area contributed by atoms with E-state index in [1.807, 2.05) is 6.07 Å². The second-order valence-electron chi connectivity index (χ2n) is 3.94. The lowest BCUT2D eigenvalue weighted by molar-refractivity contribution is 0.122. The third-order valence-corrected chi connectivity index (χ3v) is 3.38. The van der Waals surface area contributed by atoms with Gasteiger partial charge in [0.05, 0.1) is 18.6 Å². The molecule has 1 aliphatic rings. The van der Waals surface area contributed by atoms with E-state index in [0.717, 1.165) is 28.8 Å². The van der Waals surface area contributed by atoms with Gasteiger partial charge in [-0.2, -0.15) is 9.97 Å². The summed E-state index contributed by atoms with van der Waals surface area (Å²) in [6.07, 6.45) is 1.70. The number of halogens is 2. The van der Waals surface area contributed by atoms with Crippen LogP contribution in [0.1, 0.15) is 0 Å². The van der Waals surface area contributed by atoms with Crippen LogP contribution < -0.4 is 4.90 Å². The molecule has 0 saturated carbocycles. The van der Waals surface area contributed by atoms with E-state index < -0.39 is 0 Å². The molecule has 0 aromatic carbocycles. The van der Waals surface area contributed by atoms with E-state index in [0.29, 0.717) is 18.9 Å². The standard InChI is InChI=1S/C11H10BrClN4O/c12-7-5-8-9(14-6-7)15-11(13)16-10(8)17-1-3-18-4-2-17/h5-6H,1-4H2. The van der Waals surface area contributed by atoms with Gasteiger partial charge in [-0.1, -0.05) is 0 Å². The van der Waals surface area contributed by atoms with Gasteiger partial charge in [-0.15, -0.1) is 0 Å². The molecular weight excluding hydrogens is 320 g/mol. The lowest BCUT2D eigenvalue weighted by Crippen LogP contribution is -2.37. The van der Waals surface area contributed by atoms with E-state index in [1.54, 1.807) is 6.20 Å². The van der Waals surface area contributed by atoms with Crippen LogP contribution in [0.15, 0.2) is 16.7 Å². The Morgan fingerprint density at radius 1 is 1.28 bits per heavy atom. The maximum atomic E-state index is 5.95. The zero-order chi connectivity index (χ0) is 12.5. The topological polar surface area (TPSA) is 51.1 Å². The molecule has 1 fully saturated rings. The maximum absolute atomic E-state index is 5.95. The van der Waals surface area contributed by atoms with Crippen LogP contribution in [0.3, 0.4) is 0 Å². The van der Waals surface area contributed by atoms with Crippen molar-refractivity contribution in [1.82, 2.24) is 15.0 Å². The van der Waals surface area contributed by atoms with Crippen molar-refractivity contribution in [2.24, 2.45) is 0 Å². The molecule has 0 N–H and O–H groups in total. The number of hydrogen-bond donors (Lipinski definition) is 0. The number of rotatable bonds is 1. The molecule has 0 radical (unpaired) electrons. The molecular formula is C11H10BrClN4O. The Kier molecular flexibility index (Phi) is 3.32. The molecule has 3 rings (SSSR count). The number of pyridine rings is 1. The van der Waals surface area contributed by atoms with Gasteiger partial charge in [0.15, 0.2) is 5.65 Å². The molecule has 7 heteroatoms. The van der Waals surface area contributed by atoms with Crippen LogP contribution in [0.4, 0.5) is 5.82 Å². The average molecular weight is 330 g/mol. The summed E-state index contributed by atoms with van der Waals surface area (Å²) in [6, 6.07) is 1.96. The van der Waals surface area contributed by atoms with Crippen molar-refractivity contribution >= 4 is 44.4 Å². The van der Waals surface area contributed by atoms with Crippen LogP contribution in [0.5, 0.6) is 0 Å². The zero-order valence-electron chi connectivity index (χ0n) is 9.44. The maximum Gasteiger partial charge on any atom is 0.226 e. The van der Waals surface area contributed by atoms with Gasteiger partial charge in [0.1, 0.15) is 5.82 Å². The highest BCUT2D eigenvalue weighted by Crippen LogP contribution is 2.27. The van der Waals surface area contributed by atoms with Gasteiger partial charge in [-0.25, -0.2) is 4.98 Å². The minimum atomic E-state index is 0.221. The third kappa shape index (κ3) is 2.28. The van der Waals surface area contributed by atoms with Gasteiger partial charge in [0.2, 0.25) is 5.28 Å². The SMILES string of the molecule is Clc1nc(N2CCOCC2)c2cc(Br)cnc2n1. The first-order valence-electron chi connectivity index (χ1n) is 5.55. The molecule has 0 amide bonds. The van der Waals surface area contributed by atoms with Crippen LogP contribution in [0, 0.1) is 0 Å². The summed E-state index contributed by atoms with van der Waals surface area (Å²) in [5, 5.41) is 1.12. The lowest BCUT2D eigenvalue weighted by Gasteiger charge is -2.28. The van der Waals surface area contributed by atoms with Crippen LogP contribution in [0.2, 0.25) is 5.28 Å². The smallest absolute Gasteiger partial charge is 0.226 e. The fraction of sp³-hybridized carbons (Fsp3) is 0.364. The molecule has 94 valence electrons. The molecule has 0 bridgehead atoms. The normalized spacial score (nSPS) is 16.2. The highest BCUT2D eigenvalue weighted by atomic mass is 79.9. The van der Waals surface area contributed by atoms with Crippen molar-refractivity contribution in [2.45, 2.75) is 0 Å². The molecule has 2 aromatic heterocycles. The number of anilines is 1. The fourth-order valence-corrected chi connectivity index (χ4v) is 2.45. The summed E-state index contributed by atoms with van der Waals surface area (Å²) >= 11 is 9.37. The van der Waals surface area contributed by atoms with Gasteiger partial charge in [0.25, 0.3) is 0 Å². The molecule has 2 aromatic rings.